The van der Waals surface area contributed by atoms with E-state index in [0.29, 0.717) is 27.8 Å². The summed E-state index contributed by atoms with van der Waals surface area (Å²) in [5, 5.41) is 20.7. The third-order valence-electron chi connectivity index (χ3n) is 5.08. The Hall–Kier alpha value is -4.48. The number of ether oxygens (including phenoxy) is 2. The molecular formula is C26H32N6O6. The highest BCUT2D eigenvalue weighted by Gasteiger charge is 2.23. The molecule has 0 bridgehead atoms. The summed E-state index contributed by atoms with van der Waals surface area (Å²) in [5.41, 5.74) is 7.44. The third-order valence-corrected chi connectivity index (χ3v) is 5.08. The molecule has 4 aromatic rings. The molecule has 0 unspecified atom stereocenters. The molecule has 0 spiro atoms. The lowest BCUT2D eigenvalue weighted by Crippen LogP contribution is -2.27. The van der Waals surface area contributed by atoms with E-state index in [1.807, 2.05) is 33.8 Å². The number of benzene rings is 2. The highest BCUT2D eigenvalue weighted by Crippen LogP contribution is 2.25. The lowest BCUT2D eigenvalue weighted by Gasteiger charge is -2.19. The second kappa shape index (κ2) is 10.1. The van der Waals surface area contributed by atoms with Gasteiger partial charge >= 0.3 is 12.2 Å². The molecule has 2 heterocycles. The van der Waals surface area contributed by atoms with Crippen LogP contribution in [0.15, 0.2) is 36.4 Å². The van der Waals surface area contributed by atoms with Crippen LogP contribution in [0.3, 0.4) is 0 Å². The fourth-order valence-corrected chi connectivity index (χ4v) is 3.55. The molecule has 0 fully saturated rings. The predicted octanol–water partition coefficient (Wildman–Crippen LogP) is 5.75. The Morgan fingerprint density at radius 3 is 1.66 bits per heavy atom. The Labute approximate surface area is 219 Å². The number of aryl methyl sites for hydroxylation is 2. The van der Waals surface area contributed by atoms with E-state index in [9.17, 15) is 19.7 Å². The van der Waals surface area contributed by atoms with Crippen molar-refractivity contribution in [3.05, 3.63) is 57.9 Å². The van der Waals surface area contributed by atoms with Crippen LogP contribution in [-0.4, -0.2) is 47.9 Å². The van der Waals surface area contributed by atoms with Gasteiger partial charge in [0, 0.05) is 28.6 Å². The topological polar surface area (TPSA) is 157 Å². The summed E-state index contributed by atoms with van der Waals surface area (Å²) in [5.74, 6) is 0. The number of carbonyl (C=O) groups excluding carboxylic acids is 2. The molecule has 12 nitrogen and oxygen atoms in total. The van der Waals surface area contributed by atoms with Gasteiger partial charge in [-0.15, -0.1) is 0 Å². The van der Waals surface area contributed by atoms with Crippen molar-refractivity contribution in [2.75, 3.05) is 5.73 Å². The van der Waals surface area contributed by atoms with E-state index >= 15 is 0 Å². The summed E-state index contributed by atoms with van der Waals surface area (Å²) in [6.07, 6.45) is -1.15. The van der Waals surface area contributed by atoms with E-state index in [-0.39, 0.29) is 5.69 Å². The second-order valence-electron chi connectivity index (χ2n) is 10.7. The van der Waals surface area contributed by atoms with Crippen molar-refractivity contribution in [3.63, 3.8) is 0 Å². The van der Waals surface area contributed by atoms with Gasteiger partial charge in [0.15, 0.2) is 0 Å². The Morgan fingerprint density at radius 1 is 0.816 bits per heavy atom. The van der Waals surface area contributed by atoms with Gasteiger partial charge in [-0.25, -0.2) is 9.59 Å². The number of fused-ring (bicyclic) bond motifs is 2. The molecule has 0 aliphatic carbocycles. The van der Waals surface area contributed by atoms with Crippen LogP contribution < -0.4 is 5.73 Å². The van der Waals surface area contributed by atoms with Crippen LogP contribution in [0.1, 0.15) is 52.9 Å². The number of carbonyl (C=O) groups is 2. The Morgan fingerprint density at radius 2 is 1.24 bits per heavy atom. The molecule has 0 radical (unpaired) electrons. The van der Waals surface area contributed by atoms with E-state index in [2.05, 4.69) is 10.2 Å². The smallest absolute Gasteiger partial charge is 0.435 e. The molecule has 4 rings (SSSR count). The van der Waals surface area contributed by atoms with Gasteiger partial charge in [-0.1, -0.05) is 0 Å². The van der Waals surface area contributed by atoms with E-state index < -0.39 is 28.3 Å². The van der Waals surface area contributed by atoms with Crippen molar-refractivity contribution >= 4 is 45.4 Å². The van der Waals surface area contributed by atoms with E-state index in [1.165, 1.54) is 16.8 Å². The molecule has 2 N–H and O–H groups in total. The number of anilines is 1. The van der Waals surface area contributed by atoms with Gasteiger partial charge in [0.05, 0.1) is 27.3 Å². The zero-order chi connectivity index (χ0) is 28.6. The van der Waals surface area contributed by atoms with Gasteiger partial charge in [0.1, 0.15) is 11.2 Å². The number of hydrogen-bond acceptors (Lipinski definition) is 9. The minimum absolute atomic E-state index is 0.0952. The number of nitro benzene ring substituents is 1. The van der Waals surface area contributed by atoms with Crippen LogP contribution in [0.2, 0.25) is 0 Å². The first-order chi connectivity index (χ1) is 17.5. The third kappa shape index (κ3) is 6.44. The number of nitro groups is 1. The highest BCUT2D eigenvalue weighted by molar-refractivity contribution is 5.92. The molecule has 2 aromatic carbocycles. The predicted molar refractivity (Wildman–Crippen MR) is 143 cm³/mol. The zero-order valence-corrected chi connectivity index (χ0v) is 22.7. The summed E-state index contributed by atoms with van der Waals surface area (Å²) in [7, 11) is 0. The normalized spacial score (nSPS) is 11.7. The molecular weight excluding hydrogens is 492 g/mol. The van der Waals surface area contributed by atoms with Crippen molar-refractivity contribution in [1.82, 2.24) is 19.6 Å². The summed E-state index contributed by atoms with van der Waals surface area (Å²) in [4.78, 5) is 34.4. The fourth-order valence-electron chi connectivity index (χ4n) is 3.55. The number of nitrogen functional groups attached to an aromatic ring is 1. The average molecular weight is 525 g/mol. The lowest BCUT2D eigenvalue weighted by molar-refractivity contribution is -0.384. The zero-order valence-electron chi connectivity index (χ0n) is 22.7. The fraction of sp³-hybridized carbons (Fsp3) is 0.385. The molecule has 0 amide bonds. The molecule has 0 aliphatic rings. The quantitative estimate of drug-likeness (QED) is 0.186. The van der Waals surface area contributed by atoms with Crippen LogP contribution >= 0.6 is 0 Å². The summed E-state index contributed by atoms with van der Waals surface area (Å²) in [6.45, 7) is 14.3. The van der Waals surface area contributed by atoms with Crippen LogP contribution in [0.25, 0.3) is 21.8 Å². The number of nitrogens with two attached hydrogens (primary N) is 1. The lowest BCUT2D eigenvalue weighted by atomic mass is 10.2. The molecule has 0 atom stereocenters. The number of nitrogens with zero attached hydrogens (tertiary/aromatic N) is 5. The first kappa shape index (κ1) is 28.1. The maximum atomic E-state index is 12.1. The monoisotopic (exact) mass is 524 g/mol. The maximum absolute atomic E-state index is 12.1. The van der Waals surface area contributed by atoms with Crippen molar-refractivity contribution in [2.24, 2.45) is 0 Å². The van der Waals surface area contributed by atoms with Gasteiger partial charge in [-0.05, 0) is 79.7 Å². The van der Waals surface area contributed by atoms with Crippen molar-refractivity contribution < 1.29 is 24.0 Å². The van der Waals surface area contributed by atoms with E-state index in [1.54, 1.807) is 45.9 Å². The largest absolute Gasteiger partial charge is 0.442 e. The minimum atomic E-state index is -0.663. The number of hydrogen-bond donors (Lipinski definition) is 1. The van der Waals surface area contributed by atoms with E-state index in [4.69, 9.17) is 15.2 Å². The molecule has 0 saturated carbocycles. The number of non-ortho nitro benzene ring substituents is 1. The van der Waals surface area contributed by atoms with E-state index in [0.717, 1.165) is 15.8 Å². The van der Waals surface area contributed by atoms with Crippen LogP contribution in [0.5, 0.6) is 0 Å². The van der Waals surface area contributed by atoms with Gasteiger partial charge in [0.2, 0.25) is 0 Å². The van der Waals surface area contributed by atoms with Crippen LogP contribution in [-0.2, 0) is 9.47 Å². The SMILES string of the molecule is Cc1nn(C(=O)OC(C)(C)C)c2cc(N)ccc12.Cc1nn(C(=O)OC(C)(C)C)c2cc([N+](=O)[O-])ccc12. The Bertz CT molecular complexity index is 1540. The molecule has 38 heavy (non-hydrogen) atoms. The highest BCUT2D eigenvalue weighted by atomic mass is 16.6. The maximum Gasteiger partial charge on any atom is 0.435 e. The Balaban J connectivity index is 0.000000212. The van der Waals surface area contributed by atoms with Gasteiger partial charge < -0.3 is 15.2 Å². The van der Waals surface area contributed by atoms with Crippen molar-refractivity contribution in [1.29, 1.82) is 0 Å². The molecule has 0 saturated heterocycles. The van der Waals surface area contributed by atoms with Crippen LogP contribution in [0.4, 0.5) is 21.0 Å². The van der Waals surface area contributed by atoms with Gasteiger partial charge in [0.25, 0.3) is 5.69 Å². The number of rotatable bonds is 1. The van der Waals surface area contributed by atoms with Gasteiger partial charge in [-0.3, -0.25) is 10.1 Å². The molecule has 12 heteroatoms. The second-order valence-corrected chi connectivity index (χ2v) is 10.7. The summed E-state index contributed by atoms with van der Waals surface area (Å²) >= 11 is 0. The first-order valence-corrected chi connectivity index (χ1v) is 11.8. The van der Waals surface area contributed by atoms with Crippen molar-refractivity contribution in [2.45, 2.75) is 66.6 Å². The summed E-state index contributed by atoms with van der Waals surface area (Å²) < 4.78 is 12.9. The molecule has 202 valence electrons. The average Bonchev–Trinajstić information content (AvgIpc) is 3.28. The standard InChI is InChI=1S/C13H15N3O4.C13H17N3O2/c1-8-10-6-5-9(16(18)19)7-11(10)15(14-8)12(17)20-13(2,3)4;1-8-10-6-5-9(14)7-11(10)16(15-8)12(17)18-13(2,3)4/h5-7H,1-4H3;5-7H,14H2,1-4H3. The molecule has 0 aliphatic heterocycles. The Kier molecular flexibility index (Phi) is 7.48. The number of aromatic nitrogens is 4. The van der Waals surface area contributed by atoms with Gasteiger partial charge in [-0.2, -0.15) is 19.6 Å². The molecule has 2 aromatic heterocycles. The minimum Gasteiger partial charge on any atom is -0.442 e. The van der Waals surface area contributed by atoms with Crippen molar-refractivity contribution in [3.8, 4) is 0 Å². The summed E-state index contributed by atoms with van der Waals surface area (Å²) in [6, 6.07) is 9.65. The first-order valence-electron chi connectivity index (χ1n) is 11.8. The van der Waals surface area contributed by atoms with Crippen LogP contribution in [0, 0.1) is 24.0 Å².